The molecule has 0 bridgehead atoms. The molecule has 2 heterocycles. The summed E-state index contributed by atoms with van der Waals surface area (Å²) in [6.45, 7) is 1.64. The molecule has 1 atom stereocenters. The van der Waals surface area contributed by atoms with E-state index < -0.39 is 0 Å². The number of halogens is 2. The Hall–Kier alpha value is -0.520. The molecule has 0 aromatic carbocycles. The van der Waals surface area contributed by atoms with Gasteiger partial charge in [0.05, 0.1) is 0 Å². The number of hydrogen-bond acceptors (Lipinski definition) is 2. The topological polar surface area (TPSA) is 37.3 Å². The van der Waals surface area contributed by atoms with E-state index in [0.29, 0.717) is 6.04 Å². The van der Waals surface area contributed by atoms with Gasteiger partial charge in [0.15, 0.2) is 0 Å². The van der Waals surface area contributed by atoms with Crippen molar-refractivity contribution in [3.8, 4) is 0 Å². The molecule has 1 N–H and O–H groups in total. The first-order valence-electron chi connectivity index (χ1n) is 5.40. The highest BCUT2D eigenvalue weighted by Gasteiger charge is 2.27. The Bertz CT molecular complexity index is 407. The van der Waals surface area contributed by atoms with Gasteiger partial charge in [0.2, 0.25) is 0 Å². The zero-order valence-electron chi connectivity index (χ0n) is 9.94. The third-order valence-corrected chi connectivity index (χ3v) is 3.51. The van der Waals surface area contributed by atoms with E-state index in [4.69, 9.17) is 0 Å². The van der Waals surface area contributed by atoms with Crippen LogP contribution in [0.25, 0.3) is 0 Å². The molecule has 1 fully saturated rings. The van der Waals surface area contributed by atoms with Crippen molar-refractivity contribution in [2.45, 2.75) is 12.5 Å². The van der Waals surface area contributed by atoms with Gasteiger partial charge >= 0.3 is 0 Å². The number of likely N-dealkylation sites (tertiary alicyclic amines) is 1. The Labute approximate surface area is 116 Å². The maximum Gasteiger partial charge on any atom is 0.270 e. The van der Waals surface area contributed by atoms with Gasteiger partial charge in [-0.25, -0.2) is 0 Å². The van der Waals surface area contributed by atoms with E-state index in [1.165, 1.54) is 0 Å². The molecule has 1 aliphatic heterocycles. The molecule has 1 saturated heterocycles. The van der Waals surface area contributed by atoms with E-state index in [0.717, 1.165) is 29.7 Å². The highest BCUT2D eigenvalue weighted by atomic mass is 79.9. The van der Waals surface area contributed by atoms with Crippen LogP contribution < -0.4 is 5.32 Å². The molecule has 0 aliphatic carbocycles. The number of rotatable bonds is 2. The fourth-order valence-corrected chi connectivity index (χ4v) is 2.60. The van der Waals surface area contributed by atoms with Gasteiger partial charge in [-0.2, -0.15) is 0 Å². The molecule has 1 unspecified atom stereocenters. The normalized spacial score (nSPS) is 19.2. The van der Waals surface area contributed by atoms with E-state index >= 15 is 0 Å². The number of amides is 1. The fourth-order valence-electron chi connectivity index (χ4n) is 2.08. The standard InChI is InChI=1S/C11H16BrN3O.ClH/c1-13-9-3-4-15(7-9)11(16)10-5-8(12)6-14(10)2;/h5-6,9,13H,3-4,7H2,1-2H3;1H. The number of carbonyl (C=O) groups is 1. The molecule has 4 nitrogen and oxygen atoms in total. The maximum absolute atomic E-state index is 12.2. The number of aromatic nitrogens is 1. The Morgan fingerprint density at radius 3 is 2.76 bits per heavy atom. The molecule has 1 aliphatic rings. The Morgan fingerprint density at radius 1 is 1.59 bits per heavy atom. The second-order valence-electron chi connectivity index (χ2n) is 4.18. The van der Waals surface area contributed by atoms with Crippen molar-refractivity contribution in [3.05, 3.63) is 22.4 Å². The van der Waals surface area contributed by atoms with Crippen LogP contribution in [0.3, 0.4) is 0 Å². The summed E-state index contributed by atoms with van der Waals surface area (Å²) in [6.07, 6.45) is 2.94. The van der Waals surface area contributed by atoms with Gasteiger partial charge in [-0.3, -0.25) is 4.79 Å². The van der Waals surface area contributed by atoms with Crippen molar-refractivity contribution < 1.29 is 4.79 Å². The first kappa shape index (κ1) is 14.5. The largest absolute Gasteiger partial charge is 0.345 e. The predicted molar refractivity (Wildman–Crippen MR) is 73.7 cm³/mol. The minimum absolute atomic E-state index is 0. The van der Waals surface area contributed by atoms with Gasteiger partial charge in [-0.1, -0.05) is 0 Å². The summed E-state index contributed by atoms with van der Waals surface area (Å²) < 4.78 is 2.81. The first-order chi connectivity index (χ1) is 7.61. The van der Waals surface area contributed by atoms with Gasteiger partial charge in [-0.05, 0) is 35.5 Å². The summed E-state index contributed by atoms with van der Waals surface area (Å²) in [5.74, 6) is 0.117. The highest BCUT2D eigenvalue weighted by molar-refractivity contribution is 9.10. The summed E-state index contributed by atoms with van der Waals surface area (Å²) in [5.41, 5.74) is 0.739. The number of nitrogens with one attached hydrogen (secondary N) is 1. The van der Waals surface area contributed by atoms with E-state index in [1.54, 1.807) is 0 Å². The Morgan fingerprint density at radius 2 is 2.29 bits per heavy atom. The summed E-state index contributed by atoms with van der Waals surface area (Å²) in [4.78, 5) is 14.1. The molecule has 1 amide bonds. The molecular formula is C11H17BrClN3O. The fraction of sp³-hybridized carbons (Fsp3) is 0.545. The first-order valence-corrected chi connectivity index (χ1v) is 6.19. The summed E-state index contributed by atoms with van der Waals surface area (Å²) in [7, 11) is 3.83. The smallest absolute Gasteiger partial charge is 0.270 e. The van der Waals surface area contributed by atoms with Crippen molar-refractivity contribution >= 4 is 34.2 Å². The summed E-state index contributed by atoms with van der Waals surface area (Å²) in [6, 6.07) is 2.31. The van der Waals surface area contributed by atoms with Crippen molar-refractivity contribution in [1.82, 2.24) is 14.8 Å². The van der Waals surface area contributed by atoms with Gasteiger partial charge in [-0.15, -0.1) is 12.4 Å². The zero-order chi connectivity index (χ0) is 11.7. The van der Waals surface area contributed by atoms with Gasteiger partial charge in [0.25, 0.3) is 5.91 Å². The molecule has 2 rings (SSSR count). The maximum atomic E-state index is 12.2. The van der Waals surface area contributed by atoms with Gasteiger partial charge in [0, 0.05) is 36.8 Å². The van der Waals surface area contributed by atoms with E-state index in [9.17, 15) is 4.79 Å². The van der Waals surface area contributed by atoms with E-state index in [1.807, 2.05) is 35.8 Å². The average molecular weight is 323 g/mol. The number of hydrogen-bond donors (Lipinski definition) is 1. The molecule has 0 spiro atoms. The van der Waals surface area contributed by atoms with E-state index in [-0.39, 0.29) is 18.3 Å². The van der Waals surface area contributed by atoms with Crippen LogP contribution in [0, 0.1) is 0 Å². The SMILES string of the molecule is CNC1CCN(C(=O)c2cc(Br)cn2C)C1.Cl. The minimum Gasteiger partial charge on any atom is -0.345 e. The Balaban J connectivity index is 0.00000144. The number of aryl methyl sites for hydroxylation is 1. The highest BCUT2D eigenvalue weighted by Crippen LogP contribution is 2.18. The van der Waals surface area contributed by atoms with Crippen molar-refractivity contribution in [2.24, 2.45) is 7.05 Å². The quantitative estimate of drug-likeness (QED) is 0.899. The molecule has 96 valence electrons. The monoisotopic (exact) mass is 321 g/mol. The van der Waals surface area contributed by atoms with Crippen LogP contribution in [0.2, 0.25) is 0 Å². The number of nitrogens with zero attached hydrogens (tertiary/aromatic N) is 2. The third kappa shape index (κ3) is 3.03. The van der Waals surface area contributed by atoms with Crippen LogP contribution >= 0.6 is 28.3 Å². The predicted octanol–water partition coefficient (Wildman–Crippen LogP) is 1.64. The summed E-state index contributed by atoms with van der Waals surface area (Å²) in [5, 5.41) is 3.21. The van der Waals surface area contributed by atoms with E-state index in [2.05, 4.69) is 21.2 Å². The number of likely N-dealkylation sites (N-methyl/N-ethyl adjacent to an activating group) is 1. The lowest BCUT2D eigenvalue weighted by atomic mass is 10.3. The van der Waals surface area contributed by atoms with Crippen molar-refractivity contribution in [3.63, 3.8) is 0 Å². The van der Waals surface area contributed by atoms with Crippen LogP contribution in [0.5, 0.6) is 0 Å². The second kappa shape index (κ2) is 5.89. The molecule has 0 saturated carbocycles. The minimum atomic E-state index is 0. The van der Waals surface area contributed by atoms with Crippen molar-refractivity contribution in [1.29, 1.82) is 0 Å². The lowest BCUT2D eigenvalue weighted by Crippen LogP contribution is -2.34. The molecule has 1 aromatic heterocycles. The molecule has 6 heteroatoms. The van der Waals surface area contributed by atoms with Crippen LogP contribution in [-0.2, 0) is 7.05 Å². The molecule has 0 radical (unpaired) electrons. The average Bonchev–Trinajstić information content (AvgIpc) is 2.84. The molecule has 17 heavy (non-hydrogen) atoms. The molecular weight excluding hydrogens is 305 g/mol. The summed E-state index contributed by atoms with van der Waals surface area (Å²) >= 11 is 3.38. The zero-order valence-corrected chi connectivity index (χ0v) is 12.3. The lowest BCUT2D eigenvalue weighted by molar-refractivity contribution is 0.0780. The van der Waals surface area contributed by atoms with Crippen LogP contribution in [0.4, 0.5) is 0 Å². The Kier molecular flexibility index (Phi) is 5.04. The van der Waals surface area contributed by atoms with Crippen LogP contribution in [0.1, 0.15) is 16.9 Å². The third-order valence-electron chi connectivity index (χ3n) is 3.07. The van der Waals surface area contributed by atoms with Crippen LogP contribution in [0.15, 0.2) is 16.7 Å². The lowest BCUT2D eigenvalue weighted by Gasteiger charge is -2.16. The molecule has 1 aromatic rings. The second-order valence-corrected chi connectivity index (χ2v) is 5.10. The number of carbonyl (C=O) groups excluding carboxylic acids is 1. The van der Waals surface area contributed by atoms with Gasteiger partial charge < -0.3 is 14.8 Å². The van der Waals surface area contributed by atoms with Crippen LogP contribution in [-0.4, -0.2) is 41.6 Å². The van der Waals surface area contributed by atoms with Gasteiger partial charge in [0.1, 0.15) is 5.69 Å². The van der Waals surface area contributed by atoms with Crippen molar-refractivity contribution in [2.75, 3.05) is 20.1 Å².